The van der Waals surface area contributed by atoms with Gasteiger partial charge in [0.15, 0.2) is 0 Å². The summed E-state index contributed by atoms with van der Waals surface area (Å²) in [7, 11) is -4.00. The molecule has 0 amide bonds. The molecule has 0 saturated carbocycles. The molecule has 0 aromatic heterocycles. The topological polar surface area (TPSA) is 126 Å². The van der Waals surface area contributed by atoms with Crippen molar-refractivity contribution in [3.63, 3.8) is 0 Å². The highest BCUT2D eigenvalue weighted by atomic mass is 32.2. The summed E-state index contributed by atoms with van der Waals surface area (Å²) < 4.78 is 33.1. The zero-order chi connectivity index (χ0) is 25.3. The summed E-state index contributed by atoms with van der Waals surface area (Å²) in [4.78, 5) is 12.8. The fraction of sp³-hybridized carbons (Fsp3) is 0.208. The molecule has 2 aliphatic rings. The van der Waals surface area contributed by atoms with Gasteiger partial charge in [-0.05, 0) is 42.8 Å². The van der Waals surface area contributed by atoms with Crippen molar-refractivity contribution in [3.8, 4) is 0 Å². The number of nitrogens with one attached hydrogen (secondary N) is 2. The van der Waals surface area contributed by atoms with Crippen molar-refractivity contribution in [1.82, 2.24) is 4.31 Å². The first-order valence-electron chi connectivity index (χ1n) is 11.2. The van der Waals surface area contributed by atoms with E-state index in [0.717, 1.165) is 32.8 Å². The molecule has 12 heteroatoms. The molecule has 2 heterocycles. The Labute approximate surface area is 212 Å². The van der Waals surface area contributed by atoms with Crippen LogP contribution in [-0.2, 0) is 14.8 Å². The number of rotatable bonds is 6. The smallest absolute Gasteiger partial charge is 0.270 e. The van der Waals surface area contributed by atoms with Gasteiger partial charge in [-0.2, -0.15) is 9.41 Å². The highest BCUT2D eigenvalue weighted by Gasteiger charge is 2.30. The molecule has 0 radical (unpaired) electrons. The second-order valence-corrected chi connectivity index (χ2v) is 11.2. The standard InChI is InChI=1S/C24H23N5O5S2/c1-16(17-6-9-23-21(14-17)25-19-4-2-3-5-22(19)35-23)26-27-20-8-7-18(29(30)31)15-24(20)36(32,33)28-10-12-34-13-11-28/h2-9,14-15,25,27H,10-13H2,1H3. The molecule has 0 unspecified atom stereocenters. The van der Waals surface area contributed by atoms with E-state index in [1.54, 1.807) is 18.7 Å². The van der Waals surface area contributed by atoms with E-state index < -0.39 is 14.9 Å². The molecule has 2 N–H and O–H groups in total. The van der Waals surface area contributed by atoms with E-state index in [4.69, 9.17) is 4.74 Å². The van der Waals surface area contributed by atoms with Crippen molar-refractivity contribution in [2.45, 2.75) is 21.6 Å². The van der Waals surface area contributed by atoms with Crippen LogP contribution in [0.15, 0.2) is 80.5 Å². The van der Waals surface area contributed by atoms with Gasteiger partial charge in [-0.3, -0.25) is 15.5 Å². The lowest BCUT2D eigenvalue weighted by molar-refractivity contribution is -0.385. The number of nitro groups is 1. The lowest BCUT2D eigenvalue weighted by Crippen LogP contribution is -2.40. The van der Waals surface area contributed by atoms with Gasteiger partial charge in [-0.25, -0.2) is 8.42 Å². The summed E-state index contributed by atoms with van der Waals surface area (Å²) in [6.45, 7) is 2.69. The highest BCUT2D eigenvalue weighted by Crippen LogP contribution is 2.44. The summed E-state index contributed by atoms with van der Waals surface area (Å²) in [5.41, 5.74) is 6.12. The summed E-state index contributed by atoms with van der Waals surface area (Å²) in [5.74, 6) is 0. The fourth-order valence-corrected chi connectivity index (χ4v) is 6.47. The second kappa shape index (κ2) is 9.90. The maximum absolute atomic E-state index is 13.3. The molecule has 2 aliphatic heterocycles. The van der Waals surface area contributed by atoms with Crippen LogP contribution in [0.2, 0.25) is 0 Å². The first-order chi connectivity index (χ1) is 17.3. The number of hydrogen-bond acceptors (Lipinski definition) is 9. The zero-order valence-corrected chi connectivity index (χ0v) is 20.9. The van der Waals surface area contributed by atoms with Crippen molar-refractivity contribution in [3.05, 3.63) is 76.3 Å². The summed E-state index contributed by atoms with van der Waals surface area (Å²) in [6, 6.07) is 17.7. The monoisotopic (exact) mass is 525 g/mol. The van der Waals surface area contributed by atoms with Crippen molar-refractivity contribution in [1.29, 1.82) is 0 Å². The summed E-state index contributed by atoms with van der Waals surface area (Å²) in [6.07, 6.45) is 0. The van der Waals surface area contributed by atoms with E-state index in [9.17, 15) is 18.5 Å². The largest absolute Gasteiger partial charge is 0.379 e. The lowest BCUT2D eigenvalue weighted by Gasteiger charge is -2.26. The maximum Gasteiger partial charge on any atom is 0.270 e. The maximum atomic E-state index is 13.3. The van der Waals surface area contributed by atoms with Crippen LogP contribution < -0.4 is 10.7 Å². The van der Waals surface area contributed by atoms with E-state index in [2.05, 4.69) is 21.9 Å². The van der Waals surface area contributed by atoms with Crippen LogP contribution in [0.25, 0.3) is 0 Å². The number of hydrogen-bond donors (Lipinski definition) is 2. The van der Waals surface area contributed by atoms with Crippen LogP contribution in [0.3, 0.4) is 0 Å². The van der Waals surface area contributed by atoms with Crippen molar-refractivity contribution < 1.29 is 18.1 Å². The first-order valence-corrected chi connectivity index (χ1v) is 13.4. The first kappa shape index (κ1) is 24.3. The minimum Gasteiger partial charge on any atom is -0.379 e. The van der Waals surface area contributed by atoms with E-state index in [-0.39, 0.29) is 42.6 Å². The number of fused-ring (bicyclic) bond motifs is 2. The van der Waals surface area contributed by atoms with E-state index >= 15 is 0 Å². The third kappa shape index (κ3) is 4.80. The molecular weight excluding hydrogens is 502 g/mol. The van der Waals surface area contributed by atoms with E-state index in [1.165, 1.54) is 16.4 Å². The molecule has 36 heavy (non-hydrogen) atoms. The lowest BCUT2D eigenvalue weighted by atomic mass is 10.1. The van der Waals surface area contributed by atoms with Gasteiger partial charge in [0, 0.05) is 35.0 Å². The molecule has 1 fully saturated rings. The molecule has 1 saturated heterocycles. The Hall–Kier alpha value is -3.45. The van der Waals surface area contributed by atoms with E-state index in [1.807, 2.05) is 36.4 Å². The summed E-state index contributed by atoms with van der Waals surface area (Å²) in [5, 5.41) is 19.2. The van der Waals surface area contributed by atoms with Crippen LogP contribution in [0.1, 0.15) is 12.5 Å². The number of para-hydroxylation sites is 1. The third-order valence-corrected chi connectivity index (χ3v) is 8.97. The molecule has 0 bridgehead atoms. The SMILES string of the molecule is CC(=NNc1ccc([N+](=O)[O-])cc1S(=O)(=O)N1CCOCC1)c1ccc2c(c1)Nc1ccccc1S2. The Morgan fingerprint density at radius 2 is 1.83 bits per heavy atom. The van der Waals surface area contributed by atoms with Gasteiger partial charge in [-0.1, -0.05) is 30.0 Å². The van der Waals surface area contributed by atoms with Crippen LogP contribution in [0, 0.1) is 10.1 Å². The van der Waals surface area contributed by atoms with Crippen molar-refractivity contribution in [2.75, 3.05) is 37.0 Å². The Bertz CT molecular complexity index is 1470. The number of ether oxygens (including phenoxy) is 1. The van der Waals surface area contributed by atoms with Crippen LogP contribution in [-0.4, -0.2) is 49.7 Å². The predicted octanol–water partition coefficient (Wildman–Crippen LogP) is 4.66. The molecule has 0 aliphatic carbocycles. The predicted molar refractivity (Wildman–Crippen MR) is 139 cm³/mol. The van der Waals surface area contributed by atoms with E-state index in [0.29, 0.717) is 5.71 Å². The fourth-order valence-electron chi connectivity index (χ4n) is 3.93. The van der Waals surface area contributed by atoms with Gasteiger partial charge >= 0.3 is 0 Å². The normalized spacial score (nSPS) is 16.0. The summed E-state index contributed by atoms with van der Waals surface area (Å²) >= 11 is 1.68. The number of non-ortho nitro benzene ring substituents is 1. The van der Waals surface area contributed by atoms with Gasteiger partial charge in [0.2, 0.25) is 10.0 Å². The third-order valence-electron chi connectivity index (χ3n) is 5.88. The van der Waals surface area contributed by atoms with Crippen molar-refractivity contribution >= 4 is 50.2 Å². The minimum absolute atomic E-state index is 0.159. The number of nitrogens with zero attached hydrogens (tertiary/aromatic N) is 3. The average molecular weight is 526 g/mol. The van der Waals surface area contributed by atoms with Crippen LogP contribution in [0.4, 0.5) is 22.7 Å². The van der Waals surface area contributed by atoms with Crippen LogP contribution >= 0.6 is 11.8 Å². The Balaban J connectivity index is 1.43. The number of anilines is 3. The van der Waals surface area contributed by atoms with Gasteiger partial charge in [0.1, 0.15) is 4.90 Å². The van der Waals surface area contributed by atoms with Gasteiger partial charge < -0.3 is 10.1 Å². The Morgan fingerprint density at radius 3 is 2.61 bits per heavy atom. The minimum atomic E-state index is -4.00. The number of hydrazone groups is 1. The van der Waals surface area contributed by atoms with Crippen LogP contribution in [0.5, 0.6) is 0 Å². The zero-order valence-electron chi connectivity index (χ0n) is 19.3. The quantitative estimate of drug-likeness (QED) is 0.211. The molecule has 3 aromatic carbocycles. The van der Waals surface area contributed by atoms with Gasteiger partial charge in [-0.15, -0.1) is 0 Å². The number of sulfonamides is 1. The Kier molecular flexibility index (Phi) is 6.67. The molecular formula is C24H23N5O5S2. The van der Waals surface area contributed by atoms with Crippen molar-refractivity contribution in [2.24, 2.45) is 5.10 Å². The Morgan fingerprint density at radius 1 is 1.08 bits per heavy atom. The molecule has 3 aromatic rings. The molecule has 0 atom stereocenters. The second-order valence-electron chi connectivity index (χ2n) is 8.20. The highest BCUT2D eigenvalue weighted by molar-refractivity contribution is 7.99. The molecule has 10 nitrogen and oxygen atoms in total. The van der Waals surface area contributed by atoms with Gasteiger partial charge in [0.25, 0.3) is 5.69 Å². The molecule has 0 spiro atoms. The average Bonchev–Trinajstić information content (AvgIpc) is 2.90. The van der Waals surface area contributed by atoms with Gasteiger partial charge in [0.05, 0.1) is 40.9 Å². The number of benzene rings is 3. The number of nitro benzene ring substituents is 1. The molecule has 5 rings (SSSR count). The number of morpholine rings is 1. The molecule has 186 valence electrons.